The van der Waals surface area contributed by atoms with Crippen LogP contribution < -0.4 is 5.32 Å². The minimum Gasteiger partial charge on any atom is -0.310 e. The maximum absolute atomic E-state index is 3.58. The number of benzene rings is 1. The molecule has 0 aromatic heterocycles. The molecule has 0 spiro atoms. The van der Waals surface area contributed by atoms with Gasteiger partial charge in [0.1, 0.15) is 0 Å². The lowest BCUT2D eigenvalue weighted by atomic mass is 10.1. The summed E-state index contributed by atoms with van der Waals surface area (Å²) >= 11 is 0. The van der Waals surface area contributed by atoms with Gasteiger partial charge < -0.3 is 5.32 Å². The van der Waals surface area contributed by atoms with Gasteiger partial charge >= 0.3 is 0 Å². The van der Waals surface area contributed by atoms with E-state index >= 15 is 0 Å². The van der Waals surface area contributed by atoms with Gasteiger partial charge in [-0.05, 0) is 18.9 Å². The van der Waals surface area contributed by atoms with Crippen LogP contribution in [0.1, 0.15) is 51.5 Å². The molecule has 1 unspecified atom stereocenters. The molecule has 0 saturated carbocycles. The summed E-state index contributed by atoms with van der Waals surface area (Å²) in [6.45, 7) is 5.54. The van der Waals surface area contributed by atoms with Gasteiger partial charge in [-0.25, -0.2) is 0 Å². The van der Waals surface area contributed by atoms with E-state index in [0.29, 0.717) is 6.04 Å². The molecule has 1 heteroatoms. The molecule has 0 fully saturated rings. The molecule has 0 aliphatic rings. The molecule has 1 rings (SSSR count). The van der Waals surface area contributed by atoms with Crippen molar-refractivity contribution < 1.29 is 0 Å². The van der Waals surface area contributed by atoms with E-state index in [1.165, 1.54) is 37.7 Å². The third kappa shape index (κ3) is 5.92. The molecule has 0 aliphatic carbocycles. The van der Waals surface area contributed by atoms with Crippen molar-refractivity contribution in [2.75, 3.05) is 0 Å². The molecule has 0 amide bonds. The van der Waals surface area contributed by atoms with Gasteiger partial charge in [-0.15, -0.1) is 0 Å². The second-order valence-corrected chi connectivity index (χ2v) is 4.62. The Morgan fingerprint density at radius 1 is 1.06 bits per heavy atom. The first kappa shape index (κ1) is 13.2. The summed E-state index contributed by atoms with van der Waals surface area (Å²) in [5.41, 5.74) is 1.38. The van der Waals surface area contributed by atoms with Crippen molar-refractivity contribution in [1.82, 2.24) is 5.32 Å². The quantitative estimate of drug-likeness (QED) is 0.648. The molecule has 0 aliphatic heterocycles. The van der Waals surface area contributed by atoms with Gasteiger partial charge in [-0.2, -0.15) is 0 Å². The van der Waals surface area contributed by atoms with Crippen LogP contribution in [-0.4, -0.2) is 6.04 Å². The number of hydrogen-bond donors (Lipinski definition) is 1. The lowest BCUT2D eigenvalue weighted by Gasteiger charge is -2.13. The first-order valence-corrected chi connectivity index (χ1v) is 6.60. The Balaban J connectivity index is 2.08. The Morgan fingerprint density at radius 3 is 2.50 bits per heavy atom. The van der Waals surface area contributed by atoms with Crippen molar-refractivity contribution in [1.29, 1.82) is 0 Å². The van der Waals surface area contributed by atoms with Crippen LogP contribution in [0, 0.1) is 0 Å². The van der Waals surface area contributed by atoms with E-state index in [1.807, 2.05) is 0 Å². The largest absolute Gasteiger partial charge is 0.310 e. The fourth-order valence-corrected chi connectivity index (χ4v) is 1.87. The Kier molecular flexibility index (Phi) is 6.91. The molecule has 0 saturated heterocycles. The predicted molar refractivity (Wildman–Crippen MR) is 71.5 cm³/mol. The molecular formula is C15H25N. The SMILES string of the molecule is CCCCCCC(C)NCc1ccccc1. The third-order valence-corrected chi connectivity index (χ3v) is 2.99. The highest BCUT2D eigenvalue weighted by Gasteiger charge is 2.00. The monoisotopic (exact) mass is 219 g/mol. The third-order valence-electron chi connectivity index (χ3n) is 2.99. The van der Waals surface area contributed by atoms with Crippen molar-refractivity contribution in [2.24, 2.45) is 0 Å². The first-order valence-electron chi connectivity index (χ1n) is 6.60. The van der Waals surface area contributed by atoms with E-state index < -0.39 is 0 Å². The first-order chi connectivity index (χ1) is 7.83. The maximum atomic E-state index is 3.58. The molecule has 1 nitrogen and oxygen atoms in total. The molecule has 1 aromatic carbocycles. The summed E-state index contributed by atoms with van der Waals surface area (Å²) in [5.74, 6) is 0. The molecule has 0 heterocycles. The van der Waals surface area contributed by atoms with E-state index in [9.17, 15) is 0 Å². The van der Waals surface area contributed by atoms with Crippen LogP contribution in [-0.2, 0) is 6.54 Å². The summed E-state index contributed by atoms with van der Waals surface area (Å²) in [4.78, 5) is 0. The zero-order valence-corrected chi connectivity index (χ0v) is 10.7. The van der Waals surface area contributed by atoms with Crippen molar-refractivity contribution in [2.45, 2.75) is 58.5 Å². The van der Waals surface area contributed by atoms with Gasteiger partial charge in [0.15, 0.2) is 0 Å². The fraction of sp³-hybridized carbons (Fsp3) is 0.600. The normalized spacial score (nSPS) is 12.6. The molecule has 1 aromatic rings. The zero-order chi connectivity index (χ0) is 11.6. The number of unbranched alkanes of at least 4 members (excludes halogenated alkanes) is 3. The minimum absolute atomic E-state index is 0.636. The van der Waals surface area contributed by atoms with Gasteiger partial charge in [-0.3, -0.25) is 0 Å². The Morgan fingerprint density at radius 2 is 1.81 bits per heavy atom. The van der Waals surface area contributed by atoms with Gasteiger partial charge in [0, 0.05) is 12.6 Å². The summed E-state index contributed by atoms with van der Waals surface area (Å²) in [6, 6.07) is 11.3. The van der Waals surface area contributed by atoms with E-state index in [-0.39, 0.29) is 0 Å². The van der Waals surface area contributed by atoms with Crippen molar-refractivity contribution in [3.8, 4) is 0 Å². The summed E-state index contributed by atoms with van der Waals surface area (Å²) in [5, 5.41) is 3.58. The van der Waals surface area contributed by atoms with Crippen LogP contribution in [0.25, 0.3) is 0 Å². The number of nitrogens with one attached hydrogen (secondary N) is 1. The molecule has 0 bridgehead atoms. The molecule has 16 heavy (non-hydrogen) atoms. The Labute approximate surface area is 100 Å². The smallest absolute Gasteiger partial charge is 0.0207 e. The molecule has 0 radical (unpaired) electrons. The topological polar surface area (TPSA) is 12.0 Å². The van der Waals surface area contributed by atoms with Crippen LogP contribution >= 0.6 is 0 Å². The van der Waals surface area contributed by atoms with Crippen LogP contribution in [0.4, 0.5) is 0 Å². The van der Waals surface area contributed by atoms with Crippen LogP contribution in [0.5, 0.6) is 0 Å². The molecule has 1 atom stereocenters. The Bertz CT molecular complexity index is 255. The number of rotatable bonds is 8. The van der Waals surface area contributed by atoms with Gasteiger partial charge in [-0.1, -0.05) is 62.9 Å². The minimum atomic E-state index is 0.636. The highest BCUT2D eigenvalue weighted by Crippen LogP contribution is 2.06. The average Bonchev–Trinajstić information content (AvgIpc) is 2.33. The zero-order valence-electron chi connectivity index (χ0n) is 10.7. The standard InChI is InChI=1S/C15H25N/c1-3-4-5-7-10-14(2)16-13-15-11-8-6-9-12-15/h6,8-9,11-12,14,16H,3-5,7,10,13H2,1-2H3. The van der Waals surface area contributed by atoms with Crippen molar-refractivity contribution in [3.63, 3.8) is 0 Å². The molecule has 90 valence electrons. The highest BCUT2D eigenvalue weighted by molar-refractivity contribution is 5.14. The average molecular weight is 219 g/mol. The number of hydrogen-bond acceptors (Lipinski definition) is 1. The van der Waals surface area contributed by atoms with E-state index in [2.05, 4.69) is 49.5 Å². The van der Waals surface area contributed by atoms with E-state index in [0.717, 1.165) is 6.54 Å². The van der Waals surface area contributed by atoms with Crippen LogP contribution in [0.2, 0.25) is 0 Å². The fourth-order valence-electron chi connectivity index (χ4n) is 1.87. The summed E-state index contributed by atoms with van der Waals surface area (Å²) in [6.07, 6.45) is 6.74. The molecule has 1 N–H and O–H groups in total. The van der Waals surface area contributed by atoms with Gasteiger partial charge in [0.2, 0.25) is 0 Å². The summed E-state index contributed by atoms with van der Waals surface area (Å²) in [7, 11) is 0. The van der Waals surface area contributed by atoms with Gasteiger partial charge in [0.25, 0.3) is 0 Å². The van der Waals surface area contributed by atoms with Crippen LogP contribution in [0.15, 0.2) is 30.3 Å². The van der Waals surface area contributed by atoms with Crippen molar-refractivity contribution >= 4 is 0 Å². The van der Waals surface area contributed by atoms with Gasteiger partial charge in [0.05, 0.1) is 0 Å². The maximum Gasteiger partial charge on any atom is 0.0207 e. The summed E-state index contributed by atoms with van der Waals surface area (Å²) < 4.78 is 0. The Hall–Kier alpha value is -0.820. The van der Waals surface area contributed by atoms with E-state index in [1.54, 1.807) is 0 Å². The second kappa shape index (κ2) is 8.35. The highest BCUT2D eigenvalue weighted by atomic mass is 14.9. The van der Waals surface area contributed by atoms with Crippen molar-refractivity contribution in [3.05, 3.63) is 35.9 Å². The lowest BCUT2D eigenvalue weighted by Crippen LogP contribution is -2.25. The van der Waals surface area contributed by atoms with Crippen LogP contribution in [0.3, 0.4) is 0 Å². The molecular weight excluding hydrogens is 194 g/mol. The van der Waals surface area contributed by atoms with E-state index in [4.69, 9.17) is 0 Å². The lowest BCUT2D eigenvalue weighted by molar-refractivity contribution is 0.483. The second-order valence-electron chi connectivity index (χ2n) is 4.62. The predicted octanol–water partition coefficient (Wildman–Crippen LogP) is 4.14.